The Hall–Kier alpha value is -2.85. The van der Waals surface area contributed by atoms with E-state index in [4.69, 9.17) is 0 Å². The Labute approximate surface area is 164 Å². The van der Waals surface area contributed by atoms with Crippen LogP contribution in [0.4, 0.5) is 0 Å². The van der Waals surface area contributed by atoms with Crippen molar-refractivity contribution in [2.45, 2.75) is 24.8 Å². The van der Waals surface area contributed by atoms with Crippen molar-refractivity contribution in [1.29, 1.82) is 0 Å². The molecule has 4 heteroatoms. The number of aromatic nitrogens is 3. The molecule has 0 bridgehead atoms. The summed E-state index contributed by atoms with van der Waals surface area (Å²) in [5, 5.41) is 9.96. The van der Waals surface area contributed by atoms with Gasteiger partial charge in [0.2, 0.25) is 0 Å². The summed E-state index contributed by atoms with van der Waals surface area (Å²) in [5.41, 5.74) is 5.88. The molecule has 0 fully saturated rings. The predicted octanol–water partition coefficient (Wildman–Crippen LogP) is 5.84. The van der Waals surface area contributed by atoms with Gasteiger partial charge in [-0.2, -0.15) is 0 Å². The van der Waals surface area contributed by atoms with Crippen molar-refractivity contribution < 1.29 is 0 Å². The normalized spacial score (nSPS) is 10.9. The first kappa shape index (κ1) is 17.6. The van der Waals surface area contributed by atoms with Crippen LogP contribution in [0.1, 0.15) is 16.7 Å². The molecule has 0 aliphatic rings. The third-order valence-corrected chi connectivity index (χ3v) is 5.38. The van der Waals surface area contributed by atoms with E-state index >= 15 is 0 Å². The number of hydrogen-bond donors (Lipinski definition) is 0. The fourth-order valence-corrected chi connectivity index (χ4v) is 3.96. The lowest BCUT2D eigenvalue weighted by Crippen LogP contribution is -2.00. The quantitative estimate of drug-likeness (QED) is 0.413. The molecule has 0 amide bonds. The molecule has 0 radical (unpaired) electrons. The summed E-state index contributed by atoms with van der Waals surface area (Å²) < 4.78 is 2.16. The van der Waals surface area contributed by atoms with E-state index in [1.165, 1.54) is 16.7 Å². The van der Waals surface area contributed by atoms with Crippen LogP contribution in [0.3, 0.4) is 0 Å². The highest BCUT2D eigenvalue weighted by Crippen LogP contribution is 2.30. The summed E-state index contributed by atoms with van der Waals surface area (Å²) in [4.78, 5) is 0. The fourth-order valence-electron chi connectivity index (χ4n) is 3.06. The summed E-state index contributed by atoms with van der Waals surface area (Å²) in [5.74, 6) is 1.73. The van der Waals surface area contributed by atoms with Gasteiger partial charge in [0.1, 0.15) is 0 Å². The number of thioether (sulfide) groups is 1. The molecule has 27 heavy (non-hydrogen) atoms. The van der Waals surface area contributed by atoms with Gasteiger partial charge in [-0.05, 0) is 43.2 Å². The Morgan fingerprint density at radius 3 is 2.26 bits per heavy atom. The molecule has 4 rings (SSSR count). The topological polar surface area (TPSA) is 30.7 Å². The number of benzene rings is 3. The minimum absolute atomic E-state index is 0.860. The van der Waals surface area contributed by atoms with Gasteiger partial charge >= 0.3 is 0 Å². The smallest absolute Gasteiger partial charge is 0.196 e. The molecule has 3 nitrogen and oxygen atoms in total. The van der Waals surface area contributed by atoms with Crippen LogP contribution in [0.2, 0.25) is 0 Å². The molecule has 0 unspecified atom stereocenters. The largest absolute Gasteiger partial charge is 0.270 e. The van der Waals surface area contributed by atoms with Crippen LogP contribution in [0.5, 0.6) is 0 Å². The van der Waals surface area contributed by atoms with E-state index in [0.29, 0.717) is 0 Å². The summed E-state index contributed by atoms with van der Waals surface area (Å²) in [6.45, 7) is 4.21. The summed E-state index contributed by atoms with van der Waals surface area (Å²) in [7, 11) is 0. The second-order valence-corrected chi connectivity index (χ2v) is 7.57. The summed E-state index contributed by atoms with van der Waals surface area (Å²) in [6, 6.07) is 27.3. The van der Waals surface area contributed by atoms with Gasteiger partial charge in [-0.1, -0.05) is 78.0 Å². The van der Waals surface area contributed by atoms with Crippen molar-refractivity contribution in [2.24, 2.45) is 0 Å². The maximum absolute atomic E-state index is 4.54. The molecule has 1 heterocycles. The highest BCUT2D eigenvalue weighted by molar-refractivity contribution is 7.98. The highest BCUT2D eigenvalue weighted by atomic mass is 32.2. The first-order valence-corrected chi connectivity index (χ1v) is 9.95. The van der Waals surface area contributed by atoms with Crippen molar-refractivity contribution in [3.63, 3.8) is 0 Å². The molecule has 0 aliphatic heterocycles. The highest BCUT2D eigenvalue weighted by Gasteiger charge is 2.16. The number of aryl methyl sites for hydroxylation is 2. The van der Waals surface area contributed by atoms with Gasteiger partial charge in [-0.25, -0.2) is 0 Å². The molecule has 0 saturated heterocycles. The molecule has 134 valence electrons. The Balaban J connectivity index is 1.77. The maximum atomic E-state index is 4.54. The molecule has 3 aromatic carbocycles. The van der Waals surface area contributed by atoms with Gasteiger partial charge in [-0.3, -0.25) is 4.57 Å². The van der Waals surface area contributed by atoms with E-state index in [0.717, 1.165) is 28.0 Å². The van der Waals surface area contributed by atoms with Gasteiger partial charge in [0.25, 0.3) is 0 Å². The third kappa shape index (κ3) is 3.96. The molecule has 0 N–H and O–H groups in total. The van der Waals surface area contributed by atoms with Crippen LogP contribution in [-0.2, 0) is 5.75 Å². The first-order chi connectivity index (χ1) is 13.2. The lowest BCUT2D eigenvalue weighted by atomic mass is 10.1. The first-order valence-electron chi connectivity index (χ1n) is 8.97. The van der Waals surface area contributed by atoms with Gasteiger partial charge < -0.3 is 0 Å². The second-order valence-electron chi connectivity index (χ2n) is 6.62. The Bertz CT molecular complexity index is 1050. The molecular weight excluding hydrogens is 350 g/mol. The van der Waals surface area contributed by atoms with Crippen LogP contribution in [0.15, 0.2) is 84.0 Å². The van der Waals surface area contributed by atoms with E-state index in [1.54, 1.807) is 11.8 Å². The van der Waals surface area contributed by atoms with Gasteiger partial charge in [0.15, 0.2) is 11.0 Å². The van der Waals surface area contributed by atoms with Crippen LogP contribution in [0, 0.1) is 13.8 Å². The molecule has 0 spiro atoms. The Kier molecular flexibility index (Phi) is 5.07. The summed E-state index contributed by atoms with van der Waals surface area (Å²) in [6.07, 6.45) is 0. The average molecular weight is 372 g/mol. The SMILES string of the molecule is Cc1cccc(-c2nnc(SCc3ccccc3)n2-c2cccc(C)c2)c1. The predicted molar refractivity (Wildman–Crippen MR) is 112 cm³/mol. The zero-order valence-corrected chi connectivity index (χ0v) is 16.3. The van der Waals surface area contributed by atoms with Gasteiger partial charge in [0.05, 0.1) is 0 Å². The lowest BCUT2D eigenvalue weighted by Gasteiger charge is -2.11. The van der Waals surface area contributed by atoms with Crippen molar-refractivity contribution in [3.8, 4) is 17.1 Å². The molecule has 1 aromatic heterocycles. The average Bonchev–Trinajstić information content (AvgIpc) is 3.11. The van der Waals surface area contributed by atoms with Crippen molar-refractivity contribution >= 4 is 11.8 Å². The van der Waals surface area contributed by atoms with E-state index < -0.39 is 0 Å². The Morgan fingerprint density at radius 2 is 1.52 bits per heavy atom. The van der Waals surface area contributed by atoms with Crippen LogP contribution >= 0.6 is 11.8 Å². The molecular formula is C23H21N3S. The maximum Gasteiger partial charge on any atom is 0.196 e. The minimum atomic E-state index is 0.860. The van der Waals surface area contributed by atoms with Crippen molar-refractivity contribution in [1.82, 2.24) is 14.8 Å². The zero-order valence-electron chi connectivity index (χ0n) is 15.5. The van der Waals surface area contributed by atoms with E-state index in [-0.39, 0.29) is 0 Å². The van der Waals surface area contributed by atoms with Crippen molar-refractivity contribution in [3.05, 3.63) is 95.6 Å². The molecule has 4 aromatic rings. The monoisotopic (exact) mass is 371 g/mol. The lowest BCUT2D eigenvalue weighted by molar-refractivity contribution is 0.885. The number of rotatable bonds is 5. The minimum Gasteiger partial charge on any atom is -0.270 e. The van der Waals surface area contributed by atoms with Gasteiger partial charge in [0, 0.05) is 17.0 Å². The molecule has 0 atom stereocenters. The zero-order chi connectivity index (χ0) is 18.6. The van der Waals surface area contributed by atoms with Crippen LogP contribution in [-0.4, -0.2) is 14.8 Å². The standard InChI is InChI=1S/C23H21N3S/c1-17-8-6-12-20(14-17)22-24-25-23(27-16-19-10-4-3-5-11-19)26(22)21-13-7-9-18(2)15-21/h3-15H,16H2,1-2H3. The van der Waals surface area contributed by atoms with Crippen LogP contribution in [0.25, 0.3) is 17.1 Å². The third-order valence-electron chi connectivity index (χ3n) is 4.38. The fraction of sp³-hybridized carbons (Fsp3) is 0.130. The van der Waals surface area contributed by atoms with Crippen molar-refractivity contribution in [2.75, 3.05) is 0 Å². The molecule has 0 saturated carbocycles. The van der Waals surface area contributed by atoms with E-state index in [2.05, 4.69) is 101 Å². The summed E-state index contributed by atoms with van der Waals surface area (Å²) >= 11 is 1.71. The van der Waals surface area contributed by atoms with E-state index in [1.807, 2.05) is 6.07 Å². The second kappa shape index (κ2) is 7.80. The van der Waals surface area contributed by atoms with Gasteiger partial charge in [-0.15, -0.1) is 10.2 Å². The van der Waals surface area contributed by atoms with Crippen LogP contribution < -0.4 is 0 Å². The number of nitrogens with zero attached hydrogens (tertiary/aromatic N) is 3. The number of hydrogen-bond acceptors (Lipinski definition) is 3. The van der Waals surface area contributed by atoms with E-state index in [9.17, 15) is 0 Å². The Morgan fingerprint density at radius 1 is 0.778 bits per heavy atom. The molecule has 0 aliphatic carbocycles.